The van der Waals surface area contributed by atoms with Crippen LogP contribution in [0.1, 0.15) is 17.5 Å². The Morgan fingerprint density at radius 2 is 2.00 bits per heavy atom. The van der Waals surface area contributed by atoms with Crippen molar-refractivity contribution >= 4 is 22.5 Å². The van der Waals surface area contributed by atoms with E-state index < -0.39 is 0 Å². The van der Waals surface area contributed by atoms with E-state index in [1.165, 1.54) is 25.3 Å². The fraction of sp³-hybridized carbons (Fsp3) is 0.200. The maximum absolute atomic E-state index is 13.4. The van der Waals surface area contributed by atoms with Gasteiger partial charge in [0, 0.05) is 22.9 Å². The van der Waals surface area contributed by atoms with Crippen molar-refractivity contribution in [1.82, 2.24) is 4.98 Å². The van der Waals surface area contributed by atoms with E-state index >= 15 is 0 Å². The highest BCUT2D eigenvalue weighted by Crippen LogP contribution is 2.25. The summed E-state index contributed by atoms with van der Waals surface area (Å²) in [6.45, 7) is 1.92. The van der Waals surface area contributed by atoms with Gasteiger partial charge in [0.1, 0.15) is 11.6 Å². The van der Waals surface area contributed by atoms with Gasteiger partial charge in [-0.05, 0) is 55.3 Å². The third-order valence-corrected chi connectivity index (χ3v) is 4.13. The van der Waals surface area contributed by atoms with Gasteiger partial charge in [-0.1, -0.05) is 6.07 Å². The number of benzene rings is 2. The minimum absolute atomic E-state index is 0.126. The number of amides is 1. The van der Waals surface area contributed by atoms with E-state index in [4.69, 9.17) is 4.74 Å². The molecule has 2 aromatic carbocycles. The summed E-state index contributed by atoms with van der Waals surface area (Å²) in [5.41, 5.74) is 2.31. The molecular weight excluding hydrogens is 335 g/mol. The van der Waals surface area contributed by atoms with E-state index in [-0.39, 0.29) is 30.1 Å². The molecule has 0 saturated heterocycles. The largest absolute Gasteiger partial charge is 0.495 e. The second kappa shape index (κ2) is 7.39. The number of hydrogen-bond acceptors (Lipinski definition) is 3. The van der Waals surface area contributed by atoms with E-state index in [9.17, 15) is 14.0 Å². The predicted molar refractivity (Wildman–Crippen MR) is 99.2 cm³/mol. The standard InChI is InChI=1S/C20H19FN2O3/c1-12-3-7-18(26-2)17(9-12)22-19(24)8-4-13-10-14-11-15(21)5-6-16(14)23-20(13)25/h3,5-7,9-11H,4,8H2,1-2H3,(H,22,24)(H,23,25). The van der Waals surface area contributed by atoms with Gasteiger partial charge in [-0.3, -0.25) is 9.59 Å². The number of aromatic nitrogens is 1. The van der Waals surface area contributed by atoms with Gasteiger partial charge in [-0.25, -0.2) is 4.39 Å². The molecule has 0 bridgehead atoms. The van der Waals surface area contributed by atoms with E-state index in [1.807, 2.05) is 19.1 Å². The van der Waals surface area contributed by atoms with Crippen molar-refractivity contribution < 1.29 is 13.9 Å². The number of carbonyl (C=O) groups is 1. The molecule has 2 N–H and O–H groups in total. The molecule has 1 aromatic heterocycles. The van der Waals surface area contributed by atoms with Crippen molar-refractivity contribution in [2.24, 2.45) is 0 Å². The summed E-state index contributed by atoms with van der Waals surface area (Å²) in [6, 6.07) is 11.3. The zero-order valence-corrected chi connectivity index (χ0v) is 14.6. The number of aromatic amines is 1. The molecule has 0 unspecified atom stereocenters. The Kier molecular flexibility index (Phi) is 5.02. The number of fused-ring (bicyclic) bond motifs is 1. The van der Waals surface area contributed by atoms with Crippen LogP contribution in [0.15, 0.2) is 47.3 Å². The molecule has 0 spiro atoms. The summed E-state index contributed by atoms with van der Waals surface area (Å²) in [5, 5.41) is 3.40. The summed E-state index contributed by atoms with van der Waals surface area (Å²) < 4.78 is 18.6. The molecule has 1 heterocycles. The molecule has 0 aliphatic carbocycles. The molecule has 26 heavy (non-hydrogen) atoms. The quantitative estimate of drug-likeness (QED) is 0.736. The Labute approximate surface area is 149 Å². The minimum Gasteiger partial charge on any atom is -0.495 e. The maximum atomic E-state index is 13.4. The number of carbonyl (C=O) groups excluding carboxylic acids is 1. The van der Waals surface area contributed by atoms with Gasteiger partial charge in [0.25, 0.3) is 5.56 Å². The Morgan fingerprint density at radius 1 is 1.19 bits per heavy atom. The Bertz CT molecular complexity index is 1030. The lowest BCUT2D eigenvalue weighted by molar-refractivity contribution is -0.116. The lowest BCUT2D eigenvalue weighted by Gasteiger charge is -2.11. The third kappa shape index (κ3) is 3.91. The average Bonchev–Trinajstić information content (AvgIpc) is 2.60. The first-order chi connectivity index (χ1) is 12.5. The molecule has 0 atom stereocenters. The Hall–Kier alpha value is -3.15. The number of hydrogen-bond donors (Lipinski definition) is 2. The molecule has 6 heteroatoms. The van der Waals surface area contributed by atoms with E-state index in [0.29, 0.717) is 27.9 Å². The minimum atomic E-state index is -0.375. The summed E-state index contributed by atoms with van der Waals surface area (Å²) >= 11 is 0. The highest BCUT2D eigenvalue weighted by molar-refractivity contribution is 5.92. The fourth-order valence-electron chi connectivity index (χ4n) is 2.79. The molecular formula is C20H19FN2O3. The number of ether oxygens (including phenoxy) is 1. The van der Waals surface area contributed by atoms with Gasteiger partial charge in [0.05, 0.1) is 12.8 Å². The lowest BCUT2D eigenvalue weighted by Crippen LogP contribution is -2.17. The van der Waals surface area contributed by atoms with Crippen LogP contribution in [0, 0.1) is 12.7 Å². The molecule has 1 amide bonds. The van der Waals surface area contributed by atoms with Gasteiger partial charge in [-0.2, -0.15) is 0 Å². The molecule has 3 rings (SSSR count). The maximum Gasteiger partial charge on any atom is 0.251 e. The Morgan fingerprint density at radius 3 is 2.77 bits per heavy atom. The monoisotopic (exact) mass is 354 g/mol. The number of methoxy groups -OCH3 is 1. The Balaban J connectivity index is 1.74. The van der Waals surface area contributed by atoms with Crippen molar-refractivity contribution in [3.8, 4) is 5.75 Å². The predicted octanol–water partition coefficient (Wildman–Crippen LogP) is 3.56. The third-order valence-electron chi connectivity index (χ3n) is 4.13. The zero-order valence-electron chi connectivity index (χ0n) is 14.6. The van der Waals surface area contributed by atoms with Crippen molar-refractivity contribution in [3.63, 3.8) is 0 Å². The van der Waals surface area contributed by atoms with Crippen LogP contribution in [-0.4, -0.2) is 18.0 Å². The van der Waals surface area contributed by atoms with Crippen LogP contribution in [-0.2, 0) is 11.2 Å². The van der Waals surface area contributed by atoms with E-state index in [1.54, 1.807) is 12.1 Å². The van der Waals surface area contributed by atoms with Gasteiger partial charge in [0.2, 0.25) is 5.91 Å². The van der Waals surface area contributed by atoms with Gasteiger partial charge >= 0.3 is 0 Å². The zero-order chi connectivity index (χ0) is 18.7. The summed E-state index contributed by atoms with van der Waals surface area (Å²) in [7, 11) is 1.54. The fourth-order valence-corrected chi connectivity index (χ4v) is 2.79. The lowest BCUT2D eigenvalue weighted by atomic mass is 10.1. The number of pyridine rings is 1. The van der Waals surface area contributed by atoms with Crippen LogP contribution in [0.25, 0.3) is 10.9 Å². The summed E-state index contributed by atoms with van der Waals surface area (Å²) in [6.07, 6.45) is 0.378. The highest BCUT2D eigenvalue weighted by Gasteiger charge is 2.10. The second-order valence-electron chi connectivity index (χ2n) is 6.11. The molecule has 0 fully saturated rings. The summed E-state index contributed by atoms with van der Waals surface area (Å²) in [5.74, 6) is -0.0320. The van der Waals surface area contributed by atoms with Crippen molar-refractivity contribution in [2.75, 3.05) is 12.4 Å². The van der Waals surface area contributed by atoms with Crippen molar-refractivity contribution in [3.05, 3.63) is 69.8 Å². The van der Waals surface area contributed by atoms with Gasteiger partial charge < -0.3 is 15.0 Å². The van der Waals surface area contributed by atoms with Crippen LogP contribution in [0.2, 0.25) is 0 Å². The first-order valence-corrected chi connectivity index (χ1v) is 8.22. The van der Waals surface area contributed by atoms with E-state index in [2.05, 4.69) is 10.3 Å². The molecule has 0 aliphatic rings. The van der Waals surface area contributed by atoms with Crippen LogP contribution in [0.5, 0.6) is 5.75 Å². The molecule has 134 valence electrons. The number of nitrogens with one attached hydrogen (secondary N) is 2. The first-order valence-electron chi connectivity index (χ1n) is 8.22. The normalized spacial score (nSPS) is 10.7. The van der Waals surface area contributed by atoms with E-state index in [0.717, 1.165) is 5.56 Å². The highest BCUT2D eigenvalue weighted by atomic mass is 19.1. The first kappa shape index (κ1) is 17.7. The number of halogens is 1. The number of rotatable bonds is 5. The van der Waals surface area contributed by atoms with Crippen LogP contribution < -0.4 is 15.6 Å². The van der Waals surface area contributed by atoms with Gasteiger partial charge in [0.15, 0.2) is 0 Å². The van der Waals surface area contributed by atoms with Crippen LogP contribution in [0.3, 0.4) is 0 Å². The summed E-state index contributed by atoms with van der Waals surface area (Å²) in [4.78, 5) is 27.1. The number of anilines is 1. The topological polar surface area (TPSA) is 71.2 Å². The van der Waals surface area contributed by atoms with Crippen molar-refractivity contribution in [2.45, 2.75) is 19.8 Å². The number of aryl methyl sites for hydroxylation is 2. The van der Waals surface area contributed by atoms with Gasteiger partial charge in [-0.15, -0.1) is 0 Å². The molecule has 0 radical (unpaired) electrons. The molecule has 3 aromatic rings. The average molecular weight is 354 g/mol. The second-order valence-corrected chi connectivity index (χ2v) is 6.11. The molecule has 5 nitrogen and oxygen atoms in total. The number of H-pyrrole nitrogens is 1. The smallest absolute Gasteiger partial charge is 0.251 e. The van der Waals surface area contributed by atoms with Crippen LogP contribution >= 0.6 is 0 Å². The van der Waals surface area contributed by atoms with Crippen molar-refractivity contribution in [1.29, 1.82) is 0 Å². The SMILES string of the molecule is COc1ccc(C)cc1NC(=O)CCc1cc2cc(F)ccc2[nH]c1=O. The van der Waals surface area contributed by atoms with Crippen LogP contribution in [0.4, 0.5) is 10.1 Å². The molecule has 0 aliphatic heterocycles. The molecule has 0 saturated carbocycles.